The second-order valence-corrected chi connectivity index (χ2v) is 6.71. The van der Waals surface area contributed by atoms with Crippen LogP contribution < -0.4 is 0 Å². The number of hydrogen-bond acceptors (Lipinski definition) is 3. The summed E-state index contributed by atoms with van der Waals surface area (Å²) < 4.78 is 6.22. The van der Waals surface area contributed by atoms with Gasteiger partial charge >= 0.3 is 0 Å². The van der Waals surface area contributed by atoms with Gasteiger partial charge in [-0.1, -0.05) is 24.3 Å². The van der Waals surface area contributed by atoms with Crippen molar-refractivity contribution in [1.82, 2.24) is 0 Å². The lowest BCUT2D eigenvalue weighted by Gasteiger charge is -2.28. The molecule has 1 aromatic rings. The maximum Gasteiger partial charge on any atom is 0.137 e. The molecule has 1 saturated heterocycles. The lowest BCUT2D eigenvalue weighted by Crippen LogP contribution is -2.31. The Labute approximate surface area is 118 Å². The van der Waals surface area contributed by atoms with Crippen LogP contribution in [0.2, 0.25) is 0 Å². The van der Waals surface area contributed by atoms with Crippen LogP contribution in [0.4, 0.5) is 0 Å². The fraction of sp³-hybridized carbons (Fsp3) is 0.529. The first kappa shape index (κ1) is 12.3. The molecule has 2 aliphatic heterocycles. The highest BCUT2D eigenvalue weighted by Gasteiger charge is 2.83. The summed E-state index contributed by atoms with van der Waals surface area (Å²) >= 11 is 0. The number of ether oxygens (including phenoxy) is 1. The minimum Gasteiger partial charge on any atom is -0.362 e. The Morgan fingerprint density at radius 1 is 1.25 bits per heavy atom. The molecule has 0 N–H and O–H groups in total. The van der Waals surface area contributed by atoms with E-state index >= 15 is 0 Å². The van der Waals surface area contributed by atoms with Crippen molar-refractivity contribution < 1.29 is 14.3 Å². The zero-order chi connectivity index (χ0) is 14.3. The highest BCUT2D eigenvalue weighted by Crippen LogP contribution is 2.81. The Balaban J connectivity index is 1.84. The summed E-state index contributed by atoms with van der Waals surface area (Å²) in [4.78, 5) is 23.9. The van der Waals surface area contributed by atoms with Crippen molar-refractivity contribution in [2.45, 2.75) is 38.9 Å². The molecule has 0 spiro atoms. The number of ketones is 2. The van der Waals surface area contributed by atoms with Crippen LogP contribution in [-0.4, -0.2) is 11.6 Å². The van der Waals surface area contributed by atoms with Crippen LogP contribution in [0.25, 0.3) is 0 Å². The van der Waals surface area contributed by atoms with Crippen molar-refractivity contribution >= 4 is 11.6 Å². The zero-order valence-electron chi connectivity index (χ0n) is 12.0. The topological polar surface area (TPSA) is 43.4 Å². The molecule has 20 heavy (non-hydrogen) atoms. The average molecular weight is 270 g/mol. The van der Waals surface area contributed by atoms with E-state index in [-0.39, 0.29) is 29.5 Å². The molecule has 1 aliphatic carbocycles. The molecule has 3 heteroatoms. The van der Waals surface area contributed by atoms with E-state index in [2.05, 4.69) is 19.1 Å². The van der Waals surface area contributed by atoms with Gasteiger partial charge in [-0.25, -0.2) is 0 Å². The first-order valence-electron chi connectivity index (χ1n) is 7.20. The Kier molecular flexibility index (Phi) is 2.08. The third-order valence-electron chi connectivity index (χ3n) is 5.69. The van der Waals surface area contributed by atoms with Crippen molar-refractivity contribution in [3.8, 4) is 0 Å². The molecule has 104 valence electrons. The average Bonchev–Trinajstić information content (AvgIpc) is 2.81. The first-order valence-corrected chi connectivity index (χ1v) is 7.20. The molecule has 1 saturated carbocycles. The monoisotopic (exact) mass is 270 g/mol. The number of carbonyl (C=O) groups is 2. The molecule has 3 nitrogen and oxygen atoms in total. The van der Waals surface area contributed by atoms with Gasteiger partial charge in [0.15, 0.2) is 0 Å². The Bertz CT molecular complexity index is 649. The van der Waals surface area contributed by atoms with Crippen LogP contribution in [0.1, 0.15) is 44.4 Å². The van der Waals surface area contributed by atoms with Crippen LogP contribution in [0, 0.1) is 17.3 Å². The second kappa shape index (κ2) is 3.40. The molecule has 2 bridgehead atoms. The molecule has 5 unspecified atom stereocenters. The van der Waals surface area contributed by atoms with Gasteiger partial charge < -0.3 is 4.74 Å². The Morgan fingerprint density at radius 3 is 2.60 bits per heavy atom. The smallest absolute Gasteiger partial charge is 0.137 e. The van der Waals surface area contributed by atoms with Gasteiger partial charge in [0.1, 0.15) is 11.6 Å². The van der Waals surface area contributed by atoms with Gasteiger partial charge in [-0.05, 0) is 31.9 Å². The van der Waals surface area contributed by atoms with Gasteiger partial charge in [0.25, 0.3) is 0 Å². The van der Waals surface area contributed by atoms with Gasteiger partial charge in [0.05, 0.1) is 11.7 Å². The molecule has 4 rings (SSSR count). The third-order valence-corrected chi connectivity index (χ3v) is 5.69. The molecule has 2 heterocycles. The maximum absolute atomic E-state index is 12.3. The lowest BCUT2D eigenvalue weighted by molar-refractivity contribution is -0.135. The molecule has 1 aromatic carbocycles. The summed E-state index contributed by atoms with van der Waals surface area (Å²) in [6.45, 7) is 5.30. The van der Waals surface area contributed by atoms with Gasteiger partial charge in [0, 0.05) is 23.7 Å². The molecule has 0 amide bonds. The zero-order valence-corrected chi connectivity index (χ0v) is 12.0. The quantitative estimate of drug-likeness (QED) is 0.848. The van der Waals surface area contributed by atoms with E-state index in [1.807, 2.05) is 12.1 Å². The predicted octanol–water partition coefficient (Wildman–Crippen LogP) is 2.79. The number of hydrogen-bond donors (Lipinski definition) is 0. The van der Waals surface area contributed by atoms with Crippen LogP contribution in [0.3, 0.4) is 0 Å². The van der Waals surface area contributed by atoms with E-state index in [9.17, 15) is 9.59 Å². The van der Waals surface area contributed by atoms with Crippen molar-refractivity contribution in [3.63, 3.8) is 0 Å². The van der Waals surface area contributed by atoms with Crippen LogP contribution in [0.5, 0.6) is 0 Å². The van der Waals surface area contributed by atoms with Gasteiger partial charge in [0.2, 0.25) is 0 Å². The van der Waals surface area contributed by atoms with Crippen molar-refractivity contribution in [3.05, 3.63) is 35.4 Å². The fourth-order valence-corrected chi connectivity index (χ4v) is 5.06. The van der Waals surface area contributed by atoms with E-state index in [0.717, 1.165) is 0 Å². The van der Waals surface area contributed by atoms with Crippen LogP contribution in [0.15, 0.2) is 24.3 Å². The van der Waals surface area contributed by atoms with Crippen molar-refractivity contribution in [2.24, 2.45) is 17.3 Å². The Morgan fingerprint density at radius 2 is 1.95 bits per heavy atom. The molecular weight excluding hydrogens is 252 g/mol. The van der Waals surface area contributed by atoms with E-state index in [4.69, 9.17) is 4.74 Å². The van der Waals surface area contributed by atoms with E-state index in [0.29, 0.717) is 6.42 Å². The summed E-state index contributed by atoms with van der Waals surface area (Å²) in [5.74, 6) is 0.594. The van der Waals surface area contributed by atoms with Gasteiger partial charge in [-0.2, -0.15) is 0 Å². The third kappa shape index (κ3) is 1.12. The minimum atomic E-state index is -0.484. The summed E-state index contributed by atoms with van der Waals surface area (Å²) in [7, 11) is 0. The van der Waals surface area contributed by atoms with Crippen molar-refractivity contribution in [2.75, 3.05) is 0 Å². The Hall–Kier alpha value is -1.48. The van der Waals surface area contributed by atoms with E-state index in [1.165, 1.54) is 11.1 Å². The first-order chi connectivity index (χ1) is 9.43. The summed E-state index contributed by atoms with van der Waals surface area (Å²) in [5, 5.41) is 0. The molecular formula is C17H18O3. The minimum absolute atomic E-state index is 0.00977. The predicted molar refractivity (Wildman–Crippen MR) is 73.0 cm³/mol. The summed E-state index contributed by atoms with van der Waals surface area (Å²) in [5.41, 5.74) is 1.54. The standard InChI is InChI=1S/C17H18O3/c1-9(18)8-17(10(2)19)13-14-11-6-4-5-7-12(11)16(3,20-14)15(13)17/h4-7,13-15H,8H2,1-3H3. The SMILES string of the molecule is CC(=O)CC1(C(C)=O)C2C3OC(C)(c4ccccc43)C21. The van der Waals surface area contributed by atoms with Gasteiger partial charge in [-0.15, -0.1) is 0 Å². The molecule has 0 aromatic heterocycles. The fourth-order valence-electron chi connectivity index (χ4n) is 5.06. The number of rotatable bonds is 3. The highest BCUT2D eigenvalue weighted by molar-refractivity contribution is 5.93. The van der Waals surface area contributed by atoms with E-state index in [1.54, 1.807) is 13.8 Å². The summed E-state index contributed by atoms with van der Waals surface area (Å²) in [6.07, 6.45) is 0.352. The maximum atomic E-state index is 12.3. The summed E-state index contributed by atoms with van der Waals surface area (Å²) in [6, 6.07) is 8.23. The number of fused-ring (bicyclic) bond motifs is 8. The van der Waals surface area contributed by atoms with E-state index < -0.39 is 11.0 Å². The van der Waals surface area contributed by atoms with Crippen LogP contribution in [-0.2, 0) is 19.9 Å². The van der Waals surface area contributed by atoms with Crippen LogP contribution >= 0.6 is 0 Å². The molecule has 3 aliphatic rings. The molecule has 0 radical (unpaired) electrons. The number of Topliss-reactive ketones (excluding diaryl/α,β-unsaturated/α-hetero) is 2. The largest absolute Gasteiger partial charge is 0.362 e. The molecule has 5 atom stereocenters. The normalized spacial score (nSPS) is 43.0. The van der Waals surface area contributed by atoms with Gasteiger partial charge in [-0.3, -0.25) is 9.59 Å². The highest BCUT2D eigenvalue weighted by atomic mass is 16.5. The lowest BCUT2D eigenvalue weighted by atomic mass is 9.81. The number of carbonyl (C=O) groups excluding carboxylic acids is 2. The number of benzene rings is 1. The van der Waals surface area contributed by atoms with Crippen molar-refractivity contribution in [1.29, 1.82) is 0 Å². The molecule has 2 fully saturated rings. The second-order valence-electron chi connectivity index (χ2n) is 6.71.